The Morgan fingerprint density at radius 1 is 0.830 bits per heavy atom. The van der Waals surface area contributed by atoms with Crippen LogP contribution in [0.15, 0.2) is 114 Å². The van der Waals surface area contributed by atoms with E-state index in [2.05, 4.69) is 59.0 Å². The van der Waals surface area contributed by atoms with E-state index < -0.39 is 12.2 Å². The highest BCUT2D eigenvalue weighted by Gasteiger charge is 2.40. The first kappa shape index (κ1) is 37.3. The van der Waals surface area contributed by atoms with Gasteiger partial charge in [-0.25, -0.2) is 0 Å². The van der Waals surface area contributed by atoms with Crippen molar-refractivity contribution in [2.45, 2.75) is 97.7 Å². The average molecular weight is 710 g/mol. The number of carbonyl (C=O) groups excluding carboxylic acids is 2. The minimum atomic E-state index is -0.949. The van der Waals surface area contributed by atoms with Crippen LogP contribution in [-0.4, -0.2) is 29.7 Å². The molecular formula is C46H51N3O4. The van der Waals surface area contributed by atoms with Gasteiger partial charge in [-0.1, -0.05) is 121 Å². The van der Waals surface area contributed by atoms with Crippen molar-refractivity contribution < 1.29 is 19.1 Å². The topological polar surface area (TPSA) is 80.2 Å². The Labute approximate surface area is 314 Å². The molecule has 1 heterocycles. The van der Waals surface area contributed by atoms with Crippen LogP contribution >= 0.6 is 0 Å². The molecule has 0 spiro atoms. The van der Waals surface area contributed by atoms with Gasteiger partial charge in [0, 0.05) is 16.8 Å². The van der Waals surface area contributed by atoms with Gasteiger partial charge in [0.25, 0.3) is 11.8 Å². The fourth-order valence-electron chi connectivity index (χ4n) is 6.49. The highest BCUT2D eigenvalue weighted by Crippen LogP contribution is 2.39. The number of carbonyl (C=O) groups is 2. The Balaban J connectivity index is 1.24. The summed E-state index contributed by atoms with van der Waals surface area (Å²) < 4.78 is 12.8. The van der Waals surface area contributed by atoms with Gasteiger partial charge in [0.1, 0.15) is 17.2 Å². The molecule has 2 amide bonds. The van der Waals surface area contributed by atoms with Crippen molar-refractivity contribution in [1.82, 2.24) is 0 Å². The quantitative estimate of drug-likeness (QED) is 0.132. The summed E-state index contributed by atoms with van der Waals surface area (Å²) in [4.78, 5) is 27.7. The minimum Gasteiger partial charge on any atom is -0.480 e. The minimum absolute atomic E-state index is 0.0301. The SMILES string of the molecule is CCC(Oc1ccc(C(C)(C)CC)cc1C(C)(C)CC)C(=O)Nc1ccc(N2N=C(c3cccc4ccccc34)C(Oc3ccc(C)cc3)C2=O)cc1. The first-order chi connectivity index (χ1) is 25.3. The van der Waals surface area contributed by atoms with Crippen LogP contribution in [0.4, 0.5) is 11.4 Å². The molecule has 1 aliphatic heterocycles. The van der Waals surface area contributed by atoms with E-state index in [1.54, 1.807) is 24.3 Å². The van der Waals surface area contributed by atoms with E-state index in [1.165, 1.54) is 10.6 Å². The molecular weight excluding hydrogens is 659 g/mol. The molecule has 5 aromatic carbocycles. The van der Waals surface area contributed by atoms with Gasteiger partial charge in [-0.2, -0.15) is 10.1 Å². The summed E-state index contributed by atoms with van der Waals surface area (Å²) in [7, 11) is 0. The Morgan fingerprint density at radius 2 is 1.51 bits per heavy atom. The van der Waals surface area contributed by atoms with Crippen molar-refractivity contribution in [3.8, 4) is 11.5 Å². The molecule has 53 heavy (non-hydrogen) atoms. The summed E-state index contributed by atoms with van der Waals surface area (Å²) >= 11 is 0. The van der Waals surface area contributed by atoms with Crippen molar-refractivity contribution in [1.29, 1.82) is 0 Å². The molecule has 274 valence electrons. The van der Waals surface area contributed by atoms with E-state index in [9.17, 15) is 9.59 Å². The summed E-state index contributed by atoms with van der Waals surface area (Å²) in [6, 6.07) is 35.2. The van der Waals surface area contributed by atoms with Crippen LogP contribution in [0.1, 0.15) is 90.0 Å². The Morgan fingerprint density at radius 3 is 2.19 bits per heavy atom. The molecule has 1 aliphatic rings. The second kappa shape index (κ2) is 15.3. The average Bonchev–Trinajstić information content (AvgIpc) is 3.49. The van der Waals surface area contributed by atoms with Gasteiger partial charge >= 0.3 is 0 Å². The normalized spacial score (nSPS) is 15.3. The summed E-state index contributed by atoms with van der Waals surface area (Å²) in [5.74, 6) is 0.780. The van der Waals surface area contributed by atoms with Crippen molar-refractivity contribution in [2.24, 2.45) is 5.10 Å². The summed E-state index contributed by atoms with van der Waals surface area (Å²) in [6.07, 6.45) is 0.798. The zero-order chi connectivity index (χ0) is 37.9. The van der Waals surface area contributed by atoms with E-state index in [-0.39, 0.29) is 22.6 Å². The molecule has 0 aliphatic carbocycles. The van der Waals surface area contributed by atoms with Crippen LogP contribution in [-0.2, 0) is 20.4 Å². The van der Waals surface area contributed by atoms with E-state index in [1.807, 2.05) is 86.6 Å². The van der Waals surface area contributed by atoms with Gasteiger partial charge in [0.05, 0.1) is 5.69 Å². The maximum absolute atomic E-state index is 14.1. The van der Waals surface area contributed by atoms with E-state index in [0.29, 0.717) is 29.3 Å². The number of nitrogens with one attached hydrogen (secondary N) is 1. The molecule has 2 unspecified atom stereocenters. The number of rotatable bonds is 13. The number of hydrogen-bond donors (Lipinski definition) is 1. The van der Waals surface area contributed by atoms with Crippen LogP contribution in [0.2, 0.25) is 0 Å². The number of hydrazone groups is 1. The van der Waals surface area contributed by atoms with E-state index in [0.717, 1.165) is 46.1 Å². The van der Waals surface area contributed by atoms with Gasteiger partial charge in [0.2, 0.25) is 6.10 Å². The second-order valence-electron chi connectivity index (χ2n) is 15.2. The Bertz CT molecular complexity index is 2130. The lowest BCUT2D eigenvalue weighted by Crippen LogP contribution is -2.37. The third kappa shape index (κ3) is 7.85. The number of nitrogens with zero attached hydrogens (tertiary/aromatic N) is 2. The first-order valence-electron chi connectivity index (χ1n) is 18.7. The molecule has 2 atom stereocenters. The van der Waals surface area contributed by atoms with E-state index in [4.69, 9.17) is 14.6 Å². The molecule has 0 bridgehead atoms. The summed E-state index contributed by atoms with van der Waals surface area (Å²) in [6.45, 7) is 17.3. The first-order valence-corrected chi connectivity index (χ1v) is 18.7. The lowest BCUT2D eigenvalue weighted by atomic mass is 9.76. The molecule has 0 saturated heterocycles. The number of fused-ring (bicyclic) bond motifs is 1. The molecule has 6 rings (SSSR count). The lowest BCUT2D eigenvalue weighted by Gasteiger charge is -2.31. The van der Waals surface area contributed by atoms with E-state index >= 15 is 0 Å². The third-order valence-electron chi connectivity index (χ3n) is 10.8. The second-order valence-corrected chi connectivity index (χ2v) is 15.2. The van der Waals surface area contributed by atoms with Crippen molar-refractivity contribution in [3.05, 3.63) is 131 Å². The smallest absolute Gasteiger partial charge is 0.294 e. The van der Waals surface area contributed by atoms with Crippen LogP contribution < -0.4 is 19.8 Å². The zero-order valence-electron chi connectivity index (χ0n) is 32.2. The van der Waals surface area contributed by atoms with Gasteiger partial charge < -0.3 is 14.8 Å². The number of benzene rings is 5. The largest absolute Gasteiger partial charge is 0.480 e. The lowest BCUT2D eigenvalue weighted by molar-refractivity contribution is -0.123. The van der Waals surface area contributed by atoms with Crippen LogP contribution in [0.25, 0.3) is 10.8 Å². The number of anilines is 2. The predicted octanol–water partition coefficient (Wildman–Crippen LogP) is 10.5. The van der Waals surface area contributed by atoms with Gasteiger partial charge in [0.15, 0.2) is 6.10 Å². The van der Waals surface area contributed by atoms with Crippen molar-refractivity contribution in [3.63, 3.8) is 0 Å². The van der Waals surface area contributed by atoms with Gasteiger partial charge in [-0.3, -0.25) is 9.59 Å². The Hall–Kier alpha value is -5.43. The number of aryl methyl sites for hydroxylation is 1. The van der Waals surface area contributed by atoms with Gasteiger partial charge in [-0.05, 0) is 95.8 Å². The highest BCUT2D eigenvalue weighted by molar-refractivity contribution is 6.27. The zero-order valence-corrected chi connectivity index (χ0v) is 32.2. The molecule has 0 saturated carbocycles. The van der Waals surface area contributed by atoms with Crippen LogP contribution in [0, 0.1) is 6.92 Å². The molecule has 0 fully saturated rings. The third-order valence-corrected chi connectivity index (χ3v) is 10.8. The van der Waals surface area contributed by atoms with Crippen molar-refractivity contribution >= 4 is 39.7 Å². The number of hydrogen-bond acceptors (Lipinski definition) is 5. The molecule has 0 radical (unpaired) electrons. The molecule has 7 heteroatoms. The maximum Gasteiger partial charge on any atom is 0.294 e. The molecule has 7 nitrogen and oxygen atoms in total. The number of ether oxygens (including phenoxy) is 2. The monoisotopic (exact) mass is 709 g/mol. The molecule has 1 N–H and O–H groups in total. The van der Waals surface area contributed by atoms with Crippen molar-refractivity contribution in [2.75, 3.05) is 10.3 Å². The molecule has 5 aromatic rings. The fourth-order valence-corrected chi connectivity index (χ4v) is 6.49. The maximum atomic E-state index is 14.1. The van der Waals surface area contributed by atoms with Crippen LogP contribution in [0.5, 0.6) is 11.5 Å². The highest BCUT2D eigenvalue weighted by atomic mass is 16.5. The molecule has 0 aromatic heterocycles. The number of amides is 2. The predicted molar refractivity (Wildman–Crippen MR) is 216 cm³/mol. The fraction of sp³-hybridized carbons (Fsp3) is 0.326. The summed E-state index contributed by atoms with van der Waals surface area (Å²) in [5.41, 5.74) is 5.88. The van der Waals surface area contributed by atoms with Gasteiger partial charge in [-0.15, -0.1) is 0 Å². The summed E-state index contributed by atoms with van der Waals surface area (Å²) in [5, 5.41) is 11.3. The Kier molecular flexibility index (Phi) is 10.8. The van der Waals surface area contributed by atoms with Crippen LogP contribution in [0.3, 0.4) is 0 Å². The standard InChI is InChI=1S/C46H51N3O4/c1-9-39(53-40-28-21-32(45(5,6)10-2)29-38(40)46(7,8)11-3)43(50)47-33-22-24-34(25-23-33)49-44(51)42(52-35-26-19-30(4)20-27-35)41(48-49)37-18-14-16-31-15-12-13-17-36(31)37/h12-29,39,42H,9-11H2,1-8H3,(H,47,50).